The summed E-state index contributed by atoms with van der Waals surface area (Å²) in [4.78, 5) is 0. The van der Waals surface area contributed by atoms with Crippen LogP contribution in [0.2, 0.25) is 5.02 Å². The van der Waals surface area contributed by atoms with Gasteiger partial charge in [-0.1, -0.05) is 30.7 Å². The molecule has 3 N–H and O–H groups in total. The van der Waals surface area contributed by atoms with Gasteiger partial charge in [-0.2, -0.15) is 5.10 Å². The zero-order chi connectivity index (χ0) is 13.8. The van der Waals surface area contributed by atoms with Gasteiger partial charge in [-0.3, -0.25) is 10.5 Å². The highest BCUT2D eigenvalue weighted by molar-refractivity contribution is 6.31. The molecule has 2 aromatic rings. The lowest BCUT2D eigenvalue weighted by Gasteiger charge is -2.16. The Hall–Kier alpha value is -1.43. The third-order valence-electron chi connectivity index (χ3n) is 2.90. The number of nitrogens with zero attached hydrogens (tertiary/aromatic N) is 2. The molecule has 0 aliphatic heterocycles. The lowest BCUT2D eigenvalue weighted by molar-refractivity contribution is 0.594. The van der Waals surface area contributed by atoms with E-state index in [1.54, 1.807) is 18.3 Å². The number of hydrazine groups is 1. The van der Waals surface area contributed by atoms with Crippen molar-refractivity contribution in [2.75, 3.05) is 0 Å². The molecule has 19 heavy (non-hydrogen) atoms. The van der Waals surface area contributed by atoms with Crippen molar-refractivity contribution in [3.05, 3.63) is 52.6 Å². The predicted octanol–water partition coefficient (Wildman–Crippen LogP) is 2.64. The molecule has 0 saturated carbocycles. The Morgan fingerprint density at radius 3 is 3.00 bits per heavy atom. The standard InChI is InChI=1S/C13H16ClFN4/c1-2-6-19-8-9(7-17-19)13(18-16)10-4-3-5-11(15)12(10)14/h3-5,7-8,13,18H,2,6,16H2,1H3. The molecule has 0 bridgehead atoms. The van der Waals surface area contributed by atoms with E-state index in [0.29, 0.717) is 5.56 Å². The van der Waals surface area contributed by atoms with Crippen LogP contribution < -0.4 is 11.3 Å². The fourth-order valence-electron chi connectivity index (χ4n) is 1.99. The lowest BCUT2D eigenvalue weighted by Crippen LogP contribution is -2.29. The van der Waals surface area contributed by atoms with Gasteiger partial charge in [-0.05, 0) is 18.1 Å². The van der Waals surface area contributed by atoms with Crippen LogP contribution in [0.4, 0.5) is 4.39 Å². The van der Waals surface area contributed by atoms with Crippen molar-refractivity contribution in [1.29, 1.82) is 0 Å². The van der Waals surface area contributed by atoms with Crippen LogP contribution in [0.15, 0.2) is 30.6 Å². The van der Waals surface area contributed by atoms with E-state index in [9.17, 15) is 4.39 Å². The molecule has 1 aromatic carbocycles. The summed E-state index contributed by atoms with van der Waals surface area (Å²) in [6.45, 7) is 2.90. The summed E-state index contributed by atoms with van der Waals surface area (Å²) in [5, 5.41) is 4.31. The number of nitrogens with two attached hydrogens (primary N) is 1. The summed E-state index contributed by atoms with van der Waals surface area (Å²) in [5.74, 6) is 5.11. The fourth-order valence-corrected chi connectivity index (χ4v) is 2.22. The Labute approximate surface area is 116 Å². The van der Waals surface area contributed by atoms with Crippen molar-refractivity contribution < 1.29 is 4.39 Å². The third kappa shape index (κ3) is 2.94. The first kappa shape index (κ1) is 14.0. The van der Waals surface area contributed by atoms with E-state index in [-0.39, 0.29) is 11.1 Å². The van der Waals surface area contributed by atoms with E-state index < -0.39 is 5.82 Å². The van der Waals surface area contributed by atoms with Crippen molar-refractivity contribution >= 4 is 11.6 Å². The van der Waals surface area contributed by atoms with Crippen molar-refractivity contribution in [2.24, 2.45) is 5.84 Å². The first-order valence-corrected chi connectivity index (χ1v) is 6.47. The van der Waals surface area contributed by atoms with Crippen molar-refractivity contribution in [3.8, 4) is 0 Å². The van der Waals surface area contributed by atoms with Gasteiger partial charge in [-0.25, -0.2) is 9.82 Å². The molecule has 0 aliphatic rings. The maximum atomic E-state index is 13.5. The molecule has 2 rings (SSSR count). The molecule has 1 aromatic heterocycles. The topological polar surface area (TPSA) is 55.9 Å². The molecule has 1 atom stereocenters. The quantitative estimate of drug-likeness (QED) is 0.655. The molecular weight excluding hydrogens is 267 g/mol. The lowest BCUT2D eigenvalue weighted by atomic mass is 10.0. The van der Waals surface area contributed by atoms with Gasteiger partial charge in [0.25, 0.3) is 0 Å². The second-order valence-electron chi connectivity index (χ2n) is 4.28. The summed E-state index contributed by atoms with van der Waals surface area (Å²) in [7, 11) is 0. The largest absolute Gasteiger partial charge is 0.272 e. The smallest absolute Gasteiger partial charge is 0.142 e. The first-order valence-electron chi connectivity index (χ1n) is 6.09. The maximum absolute atomic E-state index is 13.5. The zero-order valence-corrected chi connectivity index (χ0v) is 11.4. The maximum Gasteiger partial charge on any atom is 0.142 e. The number of hydrogen-bond acceptors (Lipinski definition) is 3. The molecule has 0 radical (unpaired) electrons. The van der Waals surface area contributed by atoms with Gasteiger partial charge in [0.1, 0.15) is 5.82 Å². The van der Waals surface area contributed by atoms with Crippen LogP contribution in [-0.4, -0.2) is 9.78 Å². The molecule has 4 nitrogen and oxygen atoms in total. The Morgan fingerprint density at radius 1 is 1.53 bits per heavy atom. The van der Waals surface area contributed by atoms with Gasteiger partial charge in [-0.15, -0.1) is 0 Å². The van der Waals surface area contributed by atoms with Crippen LogP contribution in [0.3, 0.4) is 0 Å². The summed E-state index contributed by atoms with van der Waals surface area (Å²) < 4.78 is 15.3. The minimum absolute atomic E-state index is 0.0775. The summed E-state index contributed by atoms with van der Waals surface area (Å²) >= 11 is 5.99. The van der Waals surface area contributed by atoms with Crippen molar-refractivity contribution in [1.82, 2.24) is 15.2 Å². The van der Waals surface area contributed by atoms with E-state index in [2.05, 4.69) is 17.4 Å². The fraction of sp³-hybridized carbons (Fsp3) is 0.308. The van der Waals surface area contributed by atoms with Crippen molar-refractivity contribution in [2.45, 2.75) is 25.9 Å². The highest BCUT2D eigenvalue weighted by atomic mass is 35.5. The number of aryl methyl sites for hydroxylation is 1. The second-order valence-corrected chi connectivity index (χ2v) is 4.66. The van der Waals surface area contributed by atoms with Gasteiger partial charge in [0.15, 0.2) is 0 Å². The van der Waals surface area contributed by atoms with E-state index in [1.165, 1.54) is 6.07 Å². The Kier molecular flexibility index (Phi) is 4.52. The number of hydrogen-bond donors (Lipinski definition) is 2. The SMILES string of the molecule is CCCn1cc(C(NN)c2cccc(F)c2Cl)cn1. The highest BCUT2D eigenvalue weighted by Crippen LogP contribution is 2.29. The minimum atomic E-state index is -0.458. The van der Waals surface area contributed by atoms with Crippen LogP contribution in [0, 0.1) is 5.82 Å². The summed E-state index contributed by atoms with van der Waals surface area (Å²) in [6.07, 6.45) is 4.58. The summed E-state index contributed by atoms with van der Waals surface area (Å²) in [5.41, 5.74) is 4.10. The third-order valence-corrected chi connectivity index (χ3v) is 3.30. The molecular formula is C13H16ClFN4. The van der Waals surface area contributed by atoms with Crippen molar-refractivity contribution in [3.63, 3.8) is 0 Å². The van der Waals surface area contributed by atoms with Crippen LogP contribution >= 0.6 is 11.6 Å². The Balaban J connectivity index is 2.35. The van der Waals surface area contributed by atoms with E-state index >= 15 is 0 Å². The summed E-state index contributed by atoms with van der Waals surface area (Å²) in [6, 6.07) is 4.29. The molecule has 0 amide bonds. The Morgan fingerprint density at radius 2 is 2.32 bits per heavy atom. The molecule has 102 valence electrons. The Bertz CT molecular complexity index is 555. The number of nitrogens with one attached hydrogen (secondary N) is 1. The van der Waals surface area contributed by atoms with Gasteiger partial charge in [0, 0.05) is 18.3 Å². The normalized spacial score (nSPS) is 12.6. The molecule has 0 spiro atoms. The molecule has 6 heteroatoms. The van der Waals surface area contributed by atoms with Gasteiger partial charge >= 0.3 is 0 Å². The highest BCUT2D eigenvalue weighted by Gasteiger charge is 2.19. The first-order chi connectivity index (χ1) is 9.17. The number of benzene rings is 1. The van der Waals surface area contributed by atoms with Crippen LogP contribution in [0.1, 0.15) is 30.5 Å². The van der Waals surface area contributed by atoms with E-state index in [1.807, 2.05) is 10.9 Å². The molecule has 0 fully saturated rings. The zero-order valence-electron chi connectivity index (χ0n) is 10.6. The van der Waals surface area contributed by atoms with E-state index in [0.717, 1.165) is 18.5 Å². The average Bonchev–Trinajstić information content (AvgIpc) is 2.84. The molecule has 0 saturated heterocycles. The molecule has 0 aliphatic carbocycles. The average molecular weight is 283 g/mol. The van der Waals surface area contributed by atoms with Crippen LogP contribution in [-0.2, 0) is 6.54 Å². The van der Waals surface area contributed by atoms with Gasteiger partial charge < -0.3 is 0 Å². The monoisotopic (exact) mass is 282 g/mol. The number of aromatic nitrogens is 2. The van der Waals surface area contributed by atoms with Crippen LogP contribution in [0.25, 0.3) is 0 Å². The molecule has 1 heterocycles. The van der Waals surface area contributed by atoms with Gasteiger partial charge in [0.05, 0.1) is 17.3 Å². The van der Waals surface area contributed by atoms with Gasteiger partial charge in [0.2, 0.25) is 0 Å². The predicted molar refractivity (Wildman–Crippen MR) is 73.1 cm³/mol. The number of halogens is 2. The minimum Gasteiger partial charge on any atom is -0.272 e. The second kappa shape index (κ2) is 6.14. The number of rotatable bonds is 5. The van der Waals surface area contributed by atoms with E-state index in [4.69, 9.17) is 17.4 Å². The van der Waals surface area contributed by atoms with Crippen LogP contribution in [0.5, 0.6) is 0 Å². The molecule has 1 unspecified atom stereocenters.